The van der Waals surface area contributed by atoms with Crippen LogP contribution in [0, 0.1) is 0 Å². The SMILES string of the molecule is CCC1=C(OC)CC=C(C)C(COC)=C1. The zero-order chi connectivity index (χ0) is 11.3. The number of hydrogen-bond acceptors (Lipinski definition) is 2. The number of ether oxygens (including phenoxy) is 2. The Morgan fingerprint density at radius 2 is 2.07 bits per heavy atom. The lowest BCUT2D eigenvalue weighted by molar-refractivity contribution is 0.227. The molecule has 2 nitrogen and oxygen atoms in total. The Morgan fingerprint density at radius 1 is 1.33 bits per heavy atom. The van der Waals surface area contributed by atoms with Gasteiger partial charge in [0, 0.05) is 13.5 Å². The van der Waals surface area contributed by atoms with Crippen LogP contribution < -0.4 is 0 Å². The van der Waals surface area contributed by atoms with E-state index in [0.717, 1.165) is 18.6 Å². The largest absolute Gasteiger partial charge is 0.500 e. The summed E-state index contributed by atoms with van der Waals surface area (Å²) < 4.78 is 10.6. The van der Waals surface area contributed by atoms with E-state index >= 15 is 0 Å². The highest BCUT2D eigenvalue weighted by Gasteiger charge is 2.10. The molecule has 0 atom stereocenters. The molecule has 0 aromatic rings. The lowest BCUT2D eigenvalue weighted by atomic mass is 10.1. The van der Waals surface area contributed by atoms with E-state index in [-0.39, 0.29) is 0 Å². The van der Waals surface area contributed by atoms with E-state index in [9.17, 15) is 0 Å². The van der Waals surface area contributed by atoms with Gasteiger partial charge in [-0.1, -0.05) is 13.0 Å². The van der Waals surface area contributed by atoms with E-state index < -0.39 is 0 Å². The number of allylic oxidation sites excluding steroid dienone is 3. The van der Waals surface area contributed by atoms with Gasteiger partial charge in [0.15, 0.2) is 0 Å². The first-order valence-corrected chi connectivity index (χ1v) is 5.35. The zero-order valence-electron chi connectivity index (χ0n) is 10.1. The van der Waals surface area contributed by atoms with Crippen LogP contribution in [0.2, 0.25) is 0 Å². The third-order valence-electron chi connectivity index (χ3n) is 2.73. The van der Waals surface area contributed by atoms with E-state index in [2.05, 4.69) is 26.0 Å². The standard InChI is InChI=1S/C13H20O2/c1-5-11-8-12(9-14-3)10(2)6-7-13(11)15-4/h6,8H,5,7,9H2,1-4H3. The maximum atomic E-state index is 5.40. The smallest absolute Gasteiger partial charge is 0.102 e. The van der Waals surface area contributed by atoms with E-state index in [4.69, 9.17) is 9.47 Å². The topological polar surface area (TPSA) is 18.5 Å². The van der Waals surface area contributed by atoms with Crippen molar-refractivity contribution in [2.75, 3.05) is 20.8 Å². The average Bonchev–Trinajstić information content (AvgIpc) is 2.40. The van der Waals surface area contributed by atoms with Gasteiger partial charge in [0.25, 0.3) is 0 Å². The molecular formula is C13H20O2. The minimum absolute atomic E-state index is 0.669. The van der Waals surface area contributed by atoms with Gasteiger partial charge in [0.2, 0.25) is 0 Å². The highest BCUT2D eigenvalue weighted by atomic mass is 16.5. The normalized spacial score (nSPS) is 17.1. The second-order valence-electron chi connectivity index (χ2n) is 3.70. The lowest BCUT2D eigenvalue weighted by Gasteiger charge is -2.07. The Balaban J connectivity index is 3.03. The minimum Gasteiger partial charge on any atom is -0.500 e. The molecule has 0 saturated carbocycles. The van der Waals surface area contributed by atoms with Gasteiger partial charge >= 0.3 is 0 Å². The van der Waals surface area contributed by atoms with Crippen molar-refractivity contribution >= 4 is 0 Å². The number of hydrogen-bond donors (Lipinski definition) is 0. The molecule has 0 heterocycles. The van der Waals surface area contributed by atoms with Gasteiger partial charge in [-0.25, -0.2) is 0 Å². The van der Waals surface area contributed by atoms with Gasteiger partial charge in [-0.2, -0.15) is 0 Å². The van der Waals surface area contributed by atoms with Crippen LogP contribution in [0.1, 0.15) is 26.7 Å². The monoisotopic (exact) mass is 208 g/mol. The number of methoxy groups -OCH3 is 2. The molecule has 0 N–H and O–H groups in total. The molecule has 0 spiro atoms. The first-order valence-electron chi connectivity index (χ1n) is 5.35. The zero-order valence-corrected chi connectivity index (χ0v) is 10.1. The fraction of sp³-hybridized carbons (Fsp3) is 0.538. The molecule has 0 saturated heterocycles. The summed E-state index contributed by atoms with van der Waals surface area (Å²) in [4.78, 5) is 0. The van der Waals surface area contributed by atoms with Gasteiger partial charge in [-0.15, -0.1) is 0 Å². The summed E-state index contributed by atoms with van der Waals surface area (Å²) in [5.74, 6) is 1.07. The van der Waals surface area contributed by atoms with Crippen LogP contribution in [0.15, 0.2) is 34.6 Å². The lowest BCUT2D eigenvalue weighted by Crippen LogP contribution is -1.96. The van der Waals surface area contributed by atoms with E-state index in [1.807, 2.05) is 0 Å². The summed E-state index contributed by atoms with van der Waals surface area (Å²) in [6, 6.07) is 0. The van der Waals surface area contributed by atoms with Crippen LogP contribution in [0.3, 0.4) is 0 Å². The molecule has 0 radical (unpaired) electrons. The molecular weight excluding hydrogens is 188 g/mol. The molecule has 1 rings (SSSR count). The summed E-state index contributed by atoms with van der Waals surface area (Å²) in [7, 11) is 3.47. The molecule has 0 unspecified atom stereocenters. The summed E-state index contributed by atoms with van der Waals surface area (Å²) in [5, 5.41) is 0. The van der Waals surface area contributed by atoms with Crippen molar-refractivity contribution in [2.24, 2.45) is 0 Å². The van der Waals surface area contributed by atoms with Crippen LogP contribution in [0.5, 0.6) is 0 Å². The maximum Gasteiger partial charge on any atom is 0.102 e. The Bertz CT molecular complexity index is 308. The molecule has 0 amide bonds. The molecule has 15 heavy (non-hydrogen) atoms. The van der Waals surface area contributed by atoms with Gasteiger partial charge in [0.1, 0.15) is 5.76 Å². The fourth-order valence-electron chi connectivity index (χ4n) is 1.74. The van der Waals surface area contributed by atoms with Crippen LogP contribution in [0.25, 0.3) is 0 Å². The summed E-state index contributed by atoms with van der Waals surface area (Å²) >= 11 is 0. The molecule has 0 aliphatic heterocycles. The Morgan fingerprint density at radius 3 is 2.60 bits per heavy atom. The van der Waals surface area contributed by atoms with Crippen molar-refractivity contribution in [1.82, 2.24) is 0 Å². The molecule has 84 valence electrons. The average molecular weight is 208 g/mol. The molecule has 0 aromatic heterocycles. The minimum atomic E-state index is 0.669. The van der Waals surface area contributed by atoms with E-state index in [1.165, 1.54) is 16.7 Å². The third-order valence-corrected chi connectivity index (χ3v) is 2.73. The predicted molar refractivity (Wildman–Crippen MR) is 62.7 cm³/mol. The van der Waals surface area contributed by atoms with Gasteiger partial charge in [-0.3, -0.25) is 0 Å². The van der Waals surface area contributed by atoms with Gasteiger partial charge in [-0.05, 0) is 36.1 Å². The van der Waals surface area contributed by atoms with Crippen LogP contribution in [-0.4, -0.2) is 20.8 Å². The van der Waals surface area contributed by atoms with Crippen molar-refractivity contribution in [3.05, 3.63) is 34.6 Å². The van der Waals surface area contributed by atoms with Crippen molar-refractivity contribution in [3.8, 4) is 0 Å². The summed E-state index contributed by atoms with van der Waals surface area (Å²) in [5.41, 5.74) is 3.81. The molecule has 0 aromatic carbocycles. The summed E-state index contributed by atoms with van der Waals surface area (Å²) in [6.07, 6.45) is 6.28. The highest BCUT2D eigenvalue weighted by Crippen LogP contribution is 2.25. The fourth-order valence-corrected chi connectivity index (χ4v) is 1.74. The first-order chi connectivity index (χ1) is 7.22. The van der Waals surface area contributed by atoms with Crippen LogP contribution in [-0.2, 0) is 9.47 Å². The first kappa shape index (κ1) is 12.1. The van der Waals surface area contributed by atoms with Crippen LogP contribution >= 0.6 is 0 Å². The van der Waals surface area contributed by atoms with Gasteiger partial charge < -0.3 is 9.47 Å². The van der Waals surface area contributed by atoms with Crippen LogP contribution in [0.4, 0.5) is 0 Å². The molecule has 2 heteroatoms. The predicted octanol–water partition coefficient (Wildman–Crippen LogP) is 3.22. The number of rotatable bonds is 4. The molecule has 1 aliphatic rings. The molecule has 1 aliphatic carbocycles. The summed E-state index contributed by atoms with van der Waals surface area (Å²) in [6.45, 7) is 4.94. The van der Waals surface area contributed by atoms with Crippen molar-refractivity contribution < 1.29 is 9.47 Å². The second kappa shape index (κ2) is 5.76. The Kier molecular flexibility index (Phi) is 4.63. The highest BCUT2D eigenvalue weighted by molar-refractivity contribution is 5.41. The quantitative estimate of drug-likeness (QED) is 0.706. The van der Waals surface area contributed by atoms with Gasteiger partial charge in [0.05, 0.1) is 13.7 Å². The molecule has 0 fully saturated rings. The van der Waals surface area contributed by atoms with Crippen molar-refractivity contribution in [3.63, 3.8) is 0 Å². The second-order valence-corrected chi connectivity index (χ2v) is 3.70. The van der Waals surface area contributed by atoms with Crippen molar-refractivity contribution in [1.29, 1.82) is 0 Å². The van der Waals surface area contributed by atoms with Crippen molar-refractivity contribution in [2.45, 2.75) is 26.7 Å². The van der Waals surface area contributed by atoms with E-state index in [1.54, 1.807) is 14.2 Å². The van der Waals surface area contributed by atoms with E-state index in [0.29, 0.717) is 6.61 Å². The molecule has 0 bridgehead atoms. The Labute approximate surface area is 92.3 Å². The maximum absolute atomic E-state index is 5.40. The Hall–Kier alpha value is -1.02. The third kappa shape index (κ3) is 2.96.